The van der Waals surface area contributed by atoms with Crippen molar-refractivity contribution >= 4 is 17.7 Å². The molecule has 4 rings (SSSR count). The Morgan fingerprint density at radius 2 is 1.96 bits per heavy atom. The number of nitrogens with zero attached hydrogens (tertiary/aromatic N) is 2. The second-order valence-corrected chi connectivity index (χ2v) is 6.57. The van der Waals surface area contributed by atoms with Crippen LogP contribution < -0.4 is 0 Å². The topological polar surface area (TPSA) is 54.6 Å². The van der Waals surface area contributed by atoms with Gasteiger partial charge in [-0.2, -0.15) is 0 Å². The van der Waals surface area contributed by atoms with Crippen LogP contribution in [0.1, 0.15) is 35.4 Å². The van der Waals surface area contributed by atoms with Gasteiger partial charge in [0.05, 0.1) is 11.4 Å². The number of aliphatic carboxylic acids is 1. The van der Waals surface area contributed by atoms with Crippen LogP contribution in [0.25, 0.3) is 23.0 Å². The number of pyridine rings is 1. The summed E-state index contributed by atoms with van der Waals surface area (Å²) in [5.74, 6) is -0.958. The average Bonchev–Trinajstić information content (AvgIpc) is 2.99. The molecule has 0 spiro atoms. The van der Waals surface area contributed by atoms with Crippen LogP contribution in [0.15, 0.2) is 42.5 Å². The molecule has 0 atom stereocenters. The summed E-state index contributed by atoms with van der Waals surface area (Å²) in [4.78, 5) is 15.8. The summed E-state index contributed by atoms with van der Waals surface area (Å²) in [6, 6.07) is 12.5. The van der Waals surface area contributed by atoms with Crippen molar-refractivity contribution in [2.45, 2.75) is 32.6 Å². The smallest absolute Gasteiger partial charge is 0.328 e. The normalized spacial score (nSPS) is 14.1. The van der Waals surface area contributed by atoms with Gasteiger partial charge in [0, 0.05) is 17.3 Å². The second kappa shape index (κ2) is 6.20. The first-order valence-electron chi connectivity index (χ1n) is 8.65. The van der Waals surface area contributed by atoms with Crippen LogP contribution in [0.3, 0.4) is 0 Å². The summed E-state index contributed by atoms with van der Waals surface area (Å²) in [6.45, 7) is 2.00. The predicted molar refractivity (Wildman–Crippen MR) is 98.7 cm³/mol. The highest BCUT2D eigenvalue weighted by molar-refractivity contribution is 5.87. The number of carbonyl (C=O) groups is 1. The van der Waals surface area contributed by atoms with Crippen molar-refractivity contribution in [1.82, 2.24) is 9.38 Å². The standard InChI is InChI=1S/C21H20N2O2/c1-14-5-4-8-19-22-21(18(23(14)19)11-12-20(24)25)17-10-9-15-6-2-3-7-16(15)13-17/h4-5,8-13H,2-3,6-7H2,1H3,(H,24,25)/b12-11+. The molecule has 4 nitrogen and oxygen atoms in total. The molecule has 0 amide bonds. The van der Waals surface area contributed by atoms with Gasteiger partial charge in [0.15, 0.2) is 0 Å². The van der Waals surface area contributed by atoms with E-state index in [1.54, 1.807) is 6.08 Å². The van der Waals surface area contributed by atoms with Crippen molar-refractivity contribution in [1.29, 1.82) is 0 Å². The molecule has 0 aliphatic heterocycles. The van der Waals surface area contributed by atoms with Crippen molar-refractivity contribution in [3.05, 3.63) is 65.0 Å². The number of aryl methyl sites for hydroxylation is 3. The maximum atomic E-state index is 11.0. The molecule has 1 aliphatic rings. The molecule has 2 heterocycles. The number of aromatic nitrogens is 2. The molecule has 3 aromatic rings. The molecule has 0 fully saturated rings. The number of rotatable bonds is 3. The first-order valence-corrected chi connectivity index (χ1v) is 8.65. The third-order valence-corrected chi connectivity index (χ3v) is 4.88. The van der Waals surface area contributed by atoms with Gasteiger partial charge in [-0.3, -0.25) is 4.40 Å². The average molecular weight is 332 g/mol. The van der Waals surface area contributed by atoms with Gasteiger partial charge < -0.3 is 5.11 Å². The van der Waals surface area contributed by atoms with Crippen molar-refractivity contribution < 1.29 is 9.90 Å². The minimum atomic E-state index is -0.958. The minimum absolute atomic E-state index is 0.811. The number of hydrogen-bond donors (Lipinski definition) is 1. The monoisotopic (exact) mass is 332 g/mol. The molecule has 1 aromatic carbocycles. The molecular formula is C21H20N2O2. The van der Waals surface area contributed by atoms with E-state index in [0.717, 1.165) is 41.1 Å². The van der Waals surface area contributed by atoms with Gasteiger partial charge in [-0.05, 0) is 68.0 Å². The molecule has 25 heavy (non-hydrogen) atoms. The number of imidazole rings is 1. The number of fused-ring (bicyclic) bond motifs is 2. The minimum Gasteiger partial charge on any atom is -0.478 e. The Morgan fingerprint density at radius 3 is 2.76 bits per heavy atom. The lowest BCUT2D eigenvalue weighted by molar-refractivity contribution is -0.131. The third kappa shape index (κ3) is 2.84. The highest BCUT2D eigenvalue weighted by Crippen LogP contribution is 2.30. The molecular weight excluding hydrogens is 312 g/mol. The third-order valence-electron chi connectivity index (χ3n) is 4.88. The summed E-state index contributed by atoms with van der Waals surface area (Å²) in [7, 11) is 0. The van der Waals surface area contributed by atoms with E-state index >= 15 is 0 Å². The Labute approximate surface area is 146 Å². The molecule has 0 saturated carbocycles. The summed E-state index contributed by atoms with van der Waals surface area (Å²) in [5.41, 5.74) is 7.38. The first-order chi connectivity index (χ1) is 12.1. The van der Waals surface area contributed by atoms with Crippen LogP contribution in [-0.4, -0.2) is 20.5 Å². The van der Waals surface area contributed by atoms with Crippen LogP contribution in [0.5, 0.6) is 0 Å². The lowest BCUT2D eigenvalue weighted by Crippen LogP contribution is -2.02. The fraction of sp³-hybridized carbons (Fsp3) is 0.238. The highest BCUT2D eigenvalue weighted by Gasteiger charge is 2.16. The Kier molecular flexibility index (Phi) is 3.88. The molecule has 0 saturated heterocycles. The van der Waals surface area contributed by atoms with Gasteiger partial charge in [-0.15, -0.1) is 0 Å². The molecule has 126 valence electrons. The van der Waals surface area contributed by atoms with Crippen molar-refractivity contribution in [3.8, 4) is 11.3 Å². The van der Waals surface area contributed by atoms with Gasteiger partial charge >= 0.3 is 5.97 Å². The van der Waals surface area contributed by atoms with Gasteiger partial charge in [0.1, 0.15) is 5.65 Å². The van der Waals surface area contributed by atoms with Crippen molar-refractivity contribution in [3.63, 3.8) is 0 Å². The maximum absolute atomic E-state index is 11.0. The first kappa shape index (κ1) is 15.6. The van der Waals surface area contributed by atoms with Gasteiger partial charge in [-0.1, -0.05) is 18.2 Å². The van der Waals surface area contributed by atoms with E-state index in [0.29, 0.717) is 0 Å². The Bertz CT molecular complexity index is 999. The predicted octanol–water partition coefficient (Wildman–Crippen LogP) is 4.29. The van der Waals surface area contributed by atoms with Crippen molar-refractivity contribution in [2.75, 3.05) is 0 Å². The van der Waals surface area contributed by atoms with Crippen LogP contribution >= 0.6 is 0 Å². The maximum Gasteiger partial charge on any atom is 0.328 e. The lowest BCUT2D eigenvalue weighted by Gasteiger charge is -2.16. The number of carboxylic acids is 1. The zero-order valence-corrected chi connectivity index (χ0v) is 14.2. The zero-order chi connectivity index (χ0) is 17.4. The Hall–Kier alpha value is -2.88. The summed E-state index contributed by atoms with van der Waals surface area (Å²) >= 11 is 0. The molecule has 4 heteroatoms. The second-order valence-electron chi connectivity index (χ2n) is 6.57. The van der Waals surface area contributed by atoms with Crippen LogP contribution in [0.2, 0.25) is 0 Å². The molecule has 0 unspecified atom stereocenters. The van der Waals surface area contributed by atoms with Gasteiger partial charge in [-0.25, -0.2) is 9.78 Å². The van der Waals surface area contributed by atoms with E-state index in [9.17, 15) is 4.79 Å². The summed E-state index contributed by atoms with van der Waals surface area (Å²) < 4.78 is 2.01. The fourth-order valence-electron chi connectivity index (χ4n) is 3.68. The molecule has 0 radical (unpaired) electrons. The number of carboxylic acid groups (broad SMARTS) is 1. The van der Waals surface area contributed by atoms with E-state index in [-0.39, 0.29) is 0 Å². The molecule has 1 N–H and O–H groups in total. The lowest BCUT2D eigenvalue weighted by atomic mass is 9.90. The van der Waals surface area contributed by atoms with Crippen LogP contribution in [-0.2, 0) is 17.6 Å². The van der Waals surface area contributed by atoms with E-state index in [1.807, 2.05) is 29.5 Å². The van der Waals surface area contributed by atoms with E-state index in [1.165, 1.54) is 30.0 Å². The summed E-state index contributed by atoms with van der Waals surface area (Å²) in [6.07, 6.45) is 7.56. The van der Waals surface area contributed by atoms with Crippen molar-refractivity contribution in [2.24, 2.45) is 0 Å². The Morgan fingerprint density at radius 1 is 1.16 bits per heavy atom. The highest BCUT2D eigenvalue weighted by atomic mass is 16.4. The Balaban J connectivity index is 1.93. The van der Waals surface area contributed by atoms with Crippen LogP contribution in [0, 0.1) is 6.92 Å². The SMILES string of the molecule is Cc1cccc2nc(-c3ccc4c(c3)CCCC4)c(/C=C/C(=O)O)n12. The van der Waals surface area contributed by atoms with E-state index < -0.39 is 5.97 Å². The molecule has 0 bridgehead atoms. The number of hydrogen-bond acceptors (Lipinski definition) is 2. The van der Waals surface area contributed by atoms with Gasteiger partial charge in [0.25, 0.3) is 0 Å². The fourth-order valence-corrected chi connectivity index (χ4v) is 3.68. The molecule has 2 aromatic heterocycles. The largest absolute Gasteiger partial charge is 0.478 e. The molecule has 1 aliphatic carbocycles. The van der Waals surface area contributed by atoms with E-state index in [4.69, 9.17) is 10.1 Å². The zero-order valence-electron chi connectivity index (χ0n) is 14.2. The quantitative estimate of drug-likeness (QED) is 0.728. The van der Waals surface area contributed by atoms with E-state index in [2.05, 4.69) is 18.2 Å². The number of benzene rings is 1. The summed E-state index contributed by atoms with van der Waals surface area (Å²) in [5, 5.41) is 9.06. The van der Waals surface area contributed by atoms with Crippen LogP contribution in [0.4, 0.5) is 0 Å². The van der Waals surface area contributed by atoms with Gasteiger partial charge in [0.2, 0.25) is 0 Å².